The van der Waals surface area contributed by atoms with Gasteiger partial charge in [0, 0.05) is 0 Å². The molecule has 0 saturated heterocycles. The summed E-state index contributed by atoms with van der Waals surface area (Å²) in [6, 6.07) is 8.63. The molecule has 0 fully saturated rings. The van der Waals surface area contributed by atoms with Gasteiger partial charge in [0.2, 0.25) is 0 Å². The van der Waals surface area contributed by atoms with Crippen LogP contribution in [0, 0.1) is 5.41 Å². The second-order valence-corrected chi connectivity index (χ2v) is 24.2. The van der Waals surface area contributed by atoms with Crippen LogP contribution in [-0.2, 0) is 4.79 Å². The average Bonchev–Trinajstić information content (AvgIpc) is 2.67. The minimum absolute atomic E-state index is 0.114. The van der Waals surface area contributed by atoms with Gasteiger partial charge in [0.1, 0.15) is 0 Å². The van der Waals surface area contributed by atoms with Gasteiger partial charge < -0.3 is 0 Å². The topological polar surface area (TPSA) is 29.1 Å². The van der Waals surface area contributed by atoms with E-state index in [0.717, 1.165) is 5.69 Å². The van der Waals surface area contributed by atoms with Crippen molar-refractivity contribution in [2.45, 2.75) is 104 Å². The minimum atomic E-state index is -2.41. The number of benzene rings is 1. The Bertz CT molecular complexity index is 569. The van der Waals surface area contributed by atoms with E-state index >= 15 is 0 Å². The van der Waals surface area contributed by atoms with Crippen LogP contribution in [-0.4, -0.2) is 24.3 Å². The predicted octanol–water partition coefficient (Wildman–Crippen LogP) is 8.16. The van der Waals surface area contributed by atoms with Crippen LogP contribution in [0.25, 0.3) is 0 Å². The van der Waals surface area contributed by atoms with E-state index in [1.54, 1.807) is 0 Å². The molecular weight excluding hydrogens is 449 g/mol. The van der Waals surface area contributed by atoms with Crippen LogP contribution in [0.1, 0.15) is 96.5 Å². The van der Waals surface area contributed by atoms with E-state index in [1.807, 2.05) is 20.8 Å². The molecule has 1 atom stereocenters. The second kappa shape index (κ2) is 12.2. The summed E-state index contributed by atoms with van der Waals surface area (Å²) in [5.74, 6) is 0.114. The Hall–Kier alpha value is -0.511. The van der Waals surface area contributed by atoms with Crippen LogP contribution < -0.4 is 5.32 Å². The standard InChI is InChI=1S/C13H18NO.3C4H9.Sn/c1-5-10-8-6-7-9-11(10)14-12(15)13(2,3)4;3*1-3-4-2;/h5-9H,1-4H3,(H,14,15);3*1,3-4H2,2H3;. The third-order valence-corrected chi connectivity index (χ3v) is 24.0. The third-order valence-electron chi connectivity index (χ3n) is 6.36. The van der Waals surface area contributed by atoms with Gasteiger partial charge in [0.15, 0.2) is 0 Å². The number of nitrogens with one attached hydrogen (secondary N) is 1. The number of anilines is 1. The Morgan fingerprint density at radius 1 is 0.929 bits per heavy atom. The Morgan fingerprint density at radius 2 is 1.39 bits per heavy atom. The van der Waals surface area contributed by atoms with Crippen molar-refractivity contribution in [2.24, 2.45) is 5.41 Å². The zero-order valence-electron chi connectivity index (χ0n) is 19.7. The van der Waals surface area contributed by atoms with E-state index in [1.165, 1.54) is 57.4 Å². The molecule has 160 valence electrons. The van der Waals surface area contributed by atoms with E-state index < -0.39 is 18.4 Å². The average molecular weight is 494 g/mol. The number of para-hydroxylation sites is 1. The number of carbonyl (C=O) groups is 1. The summed E-state index contributed by atoms with van der Waals surface area (Å²) in [7, 11) is 0. The zero-order chi connectivity index (χ0) is 21.2. The summed E-state index contributed by atoms with van der Waals surface area (Å²) in [6.07, 6.45) is 8.03. The summed E-state index contributed by atoms with van der Waals surface area (Å²) in [5, 5.41) is 3.27. The molecular formula is C25H45NOSn. The fraction of sp³-hybridized carbons (Fsp3) is 0.720. The molecule has 0 aromatic heterocycles. The maximum absolute atomic E-state index is 12.7. The van der Waals surface area contributed by atoms with Crippen LogP contribution in [0.3, 0.4) is 0 Å². The Balaban J connectivity index is 3.29. The summed E-state index contributed by atoms with van der Waals surface area (Å²) in [5.41, 5.74) is 2.09. The molecule has 0 unspecified atom stereocenters. The zero-order valence-corrected chi connectivity index (χ0v) is 22.5. The van der Waals surface area contributed by atoms with Crippen LogP contribution >= 0.6 is 0 Å². The molecule has 3 heteroatoms. The van der Waals surface area contributed by atoms with Gasteiger partial charge in [-0.3, -0.25) is 0 Å². The van der Waals surface area contributed by atoms with Gasteiger partial charge in [-0.2, -0.15) is 0 Å². The van der Waals surface area contributed by atoms with E-state index in [9.17, 15) is 4.79 Å². The van der Waals surface area contributed by atoms with Gasteiger partial charge in [-0.1, -0.05) is 0 Å². The van der Waals surface area contributed by atoms with Crippen molar-refractivity contribution in [3.63, 3.8) is 0 Å². The number of carbonyl (C=O) groups excluding carboxylic acids is 1. The van der Waals surface area contributed by atoms with Crippen LogP contribution in [0.5, 0.6) is 0 Å². The number of unbranched alkanes of at least 4 members (excludes halogenated alkanes) is 3. The number of amides is 1. The van der Waals surface area contributed by atoms with Crippen LogP contribution in [0.4, 0.5) is 5.69 Å². The number of hydrogen-bond donors (Lipinski definition) is 1. The van der Waals surface area contributed by atoms with Gasteiger partial charge >= 0.3 is 180 Å². The van der Waals surface area contributed by atoms with E-state index in [4.69, 9.17) is 0 Å². The van der Waals surface area contributed by atoms with Crippen molar-refractivity contribution in [1.82, 2.24) is 0 Å². The molecule has 0 aliphatic carbocycles. The molecule has 1 rings (SSSR count). The van der Waals surface area contributed by atoms with Crippen LogP contribution in [0.15, 0.2) is 24.3 Å². The van der Waals surface area contributed by atoms with Crippen molar-refractivity contribution in [1.29, 1.82) is 0 Å². The summed E-state index contributed by atoms with van der Waals surface area (Å²) < 4.78 is 5.13. The first-order valence-electron chi connectivity index (χ1n) is 11.6. The Kier molecular flexibility index (Phi) is 11.2. The van der Waals surface area contributed by atoms with Crippen molar-refractivity contribution < 1.29 is 4.79 Å². The third kappa shape index (κ3) is 7.39. The van der Waals surface area contributed by atoms with Crippen LogP contribution in [0.2, 0.25) is 13.3 Å². The van der Waals surface area contributed by atoms with Gasteiger partial charge in [-0.15, -0.1) is 0 Å². The number of hydrogen-bond acceptors (Lipinski definition) is 1. The molecule has 1 aromatic rings. The summed E-state index contributed by atoms with van der Waals surface area (Å²) >= 11 is -2.41. The molecule has 0 aliphatic heterocycles. The maximum atomic E-state index is 12.7. The Morgan fingerprint density at radius 3 is 1.82 bits per heavy atom. The van der Waals surface area contributed by atoms with Gasteiger partial charge in [0.25, 0.3) is 0 Å². The molecule has 28 heavy (non-hydrogen) atoms. The first-order chi connectivity index (χ1) is 13.2. The van der Waals surface area contributed by atoms with Crippen molar-refractivity contribution in [3.8, 4) is 0 Å². The van der Waals surface area contributed by atoms with Gasteiger partial charge in [0.05, 0.1) is 0 Å². The van der Waals surface area contributed by atoms with Crippen molar-refractivity contribution >= 4 is 30.0 Å². The first kappa shape index (κ1) is 25.5. The molecule has 1 amide bonds. The SMILES string of the molecule is CCC[CH2][Sn]([CH2]CCC)([CH2]CCC)[C@H](C)c1ccccc1NC(=O)C(C)(C)C. The predicted molar refractivity (Wildman–Crippen MR) is 128 cm³/mol. The molecule has 0 spiro atoms. The molecule has 0 radical (unpaired) electrons. The fourth-order valence-corrected chi connectivity index (χ4v) is 21.7. The van der Waals surface area contributed by atoms with Crippen molar-refractivity contribution in [2.75, 3.05) is 5.32 Å². The monoisotopic (exact) mass is 495 g/mol. The molecule has 0 aliphatic rings. The quantitative estimate of drug-likeness (QED) is 0.292. The Labute approximate surface area is 179 Å². The van der Waals surface area contributed by atoms with Gasteiger partial charge in [-0.05, 0) is 0 Å². The van der Waals surface area contributed by atoms with E-state index in [0.29, 0.717) is 3.93 Å². The normalized spacial score (nSPS) is 13.4. The molecule has 0 saturated carbocycles. The first-order valence-corrected chi connectivity index (χ1v) is 19.3. The van der Waals surface area contributed by atoms with E-state index in [2.05, 4.69) is 57.3 Å². The van der Waals surface area contributed by atoms with E-state index in [-0.39, 0.29) is 11.3 Å². The van der Waals surface area contributed by atoms with Gasteiger partial charge in [-0.25, -0.2) is 0 Å². The molecule has 2 nitrogen and oxygen atoms in total. The summed E-state index contributed by atoms with van der Waals surface area (Å²) in [4.78, 5) is 12.7. The second-order valence-electron chi connectivity index (χ2n) is 9.69. The molecule has 0 heterocycles. The molecule has 1 aromatic carbocycles. The molecule has 0 bridgehead atoms. The number of rotatable bonds is 12. The molecule has 1 N–H and O–H groups in total. The fourth-order valence-electron chi connectivity index (χ4n) is 4.24. The summed E-state index contributed by atoms with van der Waals surface area (Å²) in [6.45, 7) is 15.5. The van der Waals surface area contributed by atoms with Crippen molar-refractivity contribution in [3.05, 3.63) is 29.8 Å².